The quantitative estimate of drug-likeness (QED) is 0.920. The maximum absolute atomic E-state index is 11.3. The van der Waals surface area contributed by atoms with Crippen LogP contribution in [0.5, 0.6) is 0 Å². The molecule has 0 saturated carbocycles. The summed E-state index contributed by atoms with van der Waals surface area (Å²) in [4.78, 5) is 13.7. The number of thiophene rings is 1. The van der Waals surface area contributed by atoms with Crippen LogP contribution in [0.3, 0.4) is 0 Å². The first-order valence-corrected chi connectivity index (χ1v) is 8.14. The molecule has 0 saturated heterocycles. The number of hydrogen-bond acceptors (Lipinski definition) is 3. The summed E-state index contributed by atoms with van der Waals surface area (Å²) in [5, 5.41) is 11.4. The number of benzene rings is 1. The number of carboxylic acids is 1. The Morgan fingerprint density at radius 2 is 2.29 bits per heavy atom. The number of rotatable bonds is 3. The molecule has 0 fully saturated rings. The summed E-state index contributed by atoms with van der Waals surface area (Å²) in [5.41, 5.74) is 3.77. The molecular formula is C16H16ClNO2S. The van der Waals surface area contributed by atoms with Gasteiger partial charge in [0.1, 0.15) is 0 Å². The van der Waals surface area contributed by atoms with E-state index in [2.05, 4.69) is 17.2 Å². The van der Waals surface area contributed by atoms with Crippen LogP contribution in [0.4, 0.5) is 0 Å². The van der Waals surface area contributed by atoms with E-state index in [0.29, 0.717) is 5.56 Å². The summed E-state index contributed by atoms with van der Waals surface area (Å²) < 4.78 is 0.808. The summed E-state index contributed by atoms with van der Waals surface area (Å²) in [6.45, 7) is 3.82. The summed E-state index contributed by atoms with van der Waals surface area (Å²) in [5.74, 6) is -0.835. The highest BCUT2D eigenvalue weighted by molar-refractivity contribution is 7.14. The van der Waals surface area contributed by atoms with E-state index in [1.54, 1.807) is 17.4 Å². The van der Waals surface area contributed by atoms with Crippen molar-refractivity contribution in [1.82, 2.24) is 4.90 Å². The highest BCUT2D eigenvalue weighted by Gasteiger charge is 2.25. The Morgan fingerprint density at radius 3 is 2.95 bits per heavy atom. The topological polar surface area (TPSA) is 40.5 Å². The minimum Gasteiger partial charge on any atom is -0.478 e. The fourth-order valence-corrected chi connectivity index (χ4v) is 3.89. The SMILES string of the molecule is CC(c1csc(Cl)c1)N1CCc2c(cccc2C(=O)O)C1. The van der Waals surface area contributed by atoms with Crippen LogP contribution in [-0.2, 0) is 13.0 Å². The van der Waals surface area contributed by atoms with Crippen LogP contribution in [-0.4, -0.2) is 22.5 Å². The molecule has 110 valence electrons. The molecule has 3 nitrogen and oxygen atoms in total. The third-order valence-corrected chi connectivity index (χ3v) is 5.25. The Morgan fingerprint density at radius 1 is 1.48 bits per heavy atom. The normalized spacial score (nSPS) is 16.5. The zero-order chi connectivity index (χ0) is 15.0. The van der Waals surface area contributed by atoms with Gasteiger partial charge in [0.25, 0.3) is 0 Å². The first-order chi connectivity index (χ1) is 10.1. The summed E-state index contributed by atoms with van der Waals surface area (Å²) in [6.07, 6.45) is 0.778. The van der Waals surface area contributed by atoms with Gasteiger partial charge in [-0.15, -0.1) is 11.3 Å². The lowest BCUT2D eigenvalue weighted by Crippen LogP contribution is -2.33. The fraction of sp³-hybridized carbons (Fsp3) is 0.312. The number of carboxylic acid groups (broad SMARTS) is 1. The van der Waals surface area contributed by atoms with E-state index in [1.165, 1.54) is 5.56 Å². The van der Waals surface area contributed by atoms with Gasteiger partial charge in [-0.2, -0.15) is 0 Å². The molecule has 1 unspecified atom stereocenters. The zero-order valence-corrected chi connectivity index (χ0v) is 13.2. The highest BCUT2D eigenvalue weighted by atomic mass is 35.5. The van der Waals surface area contributed by atoms with E-state index < -0.39 is 5.97 Å². The van der Waals surface area contributed by atoms with E-state index in [0.717, 1.165) is 35.0 Å². The predicted molar refractivity (Wildman–Crippen MR) is 85.3 cm³/mol. The van der Waals surface area contributed by atoms with Gasteiger partial charge < -0.3 is 5.11 Å². The Labute approximate surface area is 132 Å². The van der Waals surface area contributed by atoms with Crippen LogP contribution in [0.25, 0.3) is 0 Å². The summed E-state index contributed by atoms with van der Waals surface area (Å²) >= 11 is 7.56. The first kappa shape index (κ1) is 14.6. The lowest BCUT2D eigenvalue weighted by atomic mass is 9.93. The highest BCUT2D eigenvalue weighted by Crippen LogP contribution is 2.32. The fourth-order valence-electron chi connectivity index (χ4n) is 2.92. The van der Waals surface area contributed by atoms with Gasteiger partial charge in [0.2, 0.25) is 0 Å². The minimum atomic E-state index is -0.835. The second-order valence-corrected chi connectivity index (χ2v) is 6.87. The molecule has 2 aromatic rings. The maximum atomic E-state index is 11.3. The van der Waals surface area contributed by atoms with Gasteiger partial charge in [0, 0.05) is 19.1 Å². The van der Waals surface area contributed by atoms with Crippen molar-refractivity contribution >= 4 is 28.9 Å². The van der Waals surface area contributed by atoms with Crippen LogP contribution in [0.1, 0.15) is 40.0 Å². The Kier molecular flexibility index (Phi) is 4.02. The van der Waals surface area contributed by atoms with Gasteiger partial charge >= 0.3 is 5.97 Å². The molecular weight excluding hydrogens is 306 g/mol. The number of hydrogen-bond donors (Lipinski definition) is 1. The number of aromatic carboxylic acids is 1. The monoisotopic (exact) mass is 321 g/mol. The molecule has 0 aliphatic carbocycles. The Bertz CT molecular complexity index is 683. The number of nitrogens with zero attached hydrogens (tertiary/aromatic N) is 1. The van der Waals surface area contributed by atoms with Gasteiger partial charge in [-0.05, 0) is 47.5 Å². The number of carbonyl (C=O) groups is 1. The van der Waals surface area contributed by atoms with E-state index in [1.807, 2.05) is 18.2 Å². The van der Waals surface area contributed by atoms with Gasteiger partial charge in [-0.25, -0.2) is 4.79 Å². The van der Waals surface area contributed by atoms with Crippen molar-refractivity contribution in [3.8, 4) is 0 Å². The molecule has 2 heterocycles. The molecule has 1 N–H and O–H groups in total. The van der Waals surface area contributed by atoms with E-state index >= 15 is 0 Å². The lowest BCUT2D eigenvalue weighted by Gasteiger charge is -2.34. The molecule has 0 spiro atoms. The van der Waals surface area contributed by atoms with Gasteiger partial charge in [-0.1, -0.05) is 23.7 Å². The average Bonchev–Trinajstić information content (AvgIpc) is 2.91. The second-order valence-electron chi connectivity index (χ2n) is 5.33. The third kappa shape index (κ3) is 2.84. The van der Waals surface area contributed by atoms with Crippen LogP contribution in [0.2, 0.25) is 4.34 Å². The van der Waals surface area contributed by atoms with Gasteiger partial charge in [0.15, 0.2) is 0 Å². The number of halogens is 1. The molecule has 1 atom stereocenters. The Hall–Kier alpha value is -1.36. The van der Waals surface area contributed by atoms with Crippen molar-refractivity contribution in [2.24, 2.45) is 0 Å². The third-order valence-electron chi connectivity index (χ3n) is 4.14. The maximum Gasteiger partial charge on any atom is 0.335 e. The van der Waals surface area contributed by atoms with Crippen molar-refractivity contribution in [3.63, 3.8) is 0 Å². The van der Waals surface area contributed by atoms with Crippen molar-refractivity contribution in [3.05, 3.63) is 56.2 Å². The van der Waals surface area contributed by atoms with Crippen LogP contribution in [0, 0.1) is 0 Å². The van der Waals surface area contributed by atoms with Crippen molar-refractivity contribution in [2.75, 3.05) is 6.54 Å². The molecule has 0 amide bonds. The van der Waals surface area contributed by atoms with Crippen molar-refractivity contribution in [1.29, 1.82) is 0 Å². The van der Waals surface area contributed by atoms with E-state index in [-0.39, 0.29) is 6.04 Å². The number of fused-ring (bicyclic) bond motifs is 1. The van der Waals surface area contributed by atoms with Crippen molar-refractivity contribution < 1.29 is 9.90 Å². The minimum absolute atomic E-state index is 0.287. The molecule has 1 aliphatic heterocycles. The average molecular weight is 322 g/mol. The van der Waals surface area contributed by atoms with E-state index in [4.69, 9.17) is 11.6 Å². The second kappa shape index (κ2) is 5.79. The zero-order valence-electron chi connectivity index (χ0n) is 11.7. The van der Waals surface area contributed by atoms with Gasteiger partial charge in [0.05, 0.1) is 9.90 Å². The molecule has 1 aromatic carbocycles. The largest absolute Gasteiger partial charge is 0.478 e. The molecule has 3 rings (SSSR count). The summed E-state index contributed by atoms with van der Waals surface area (Å²) in [7, 11) is 0. The molecule has 5 heteroatoms. The van der Waals surface area contributed by atoms with Crippen LogP contribution < -0.4 is 0 Å². The molecule has 1 aliphatic rings. The Balaban J connectivity index is 1.85. The first-order valence-electron chi connectivity index (χ1n) is 6.88. The van der Waals surface area contributed by atoms with Crippen LogP contribution >= 0.6 is 22.9 Å². The lowest BCUT2D eigenvalue weighted by molar-refractivity contribution is 0.0694. The predicted octanol–water partition coefficient (Wildman–Crippen LogP) is 4.22. The van der Waals surface area contributed by atoms with Crippen LogP contribution in [0.15, 0.2) is 29.6 Å². The molecule has 0 radical (unpaired) electrons. The standard InChI is InChI=1S/C16H16ClNO2S/c1-10(12-7-15(17)21-9-12)18-6-5-13-11(8-18)3-2-4-14(13)16(19)20/h2-4,7,9-10H,5-6,8H2,1H3,(H,19,20). The smallest absolute Gasteiger partial charge is 0.335 e. The van der Waals surface area contributed by atoms with E-state index in [9.17, 15) is 9.90 Å². The molecule has 1 aromatic heterocycles. The van der Waals surface area contributed by atoms with Gasteiger partial charge in [-0.3, -0.25) is 4.90 Å². The molecule has 21 heavy (non-hydrogen) atoms. The molecule has 0 bridgehead atoms. The summed E-state index contributed by atoms with van der Waals surface area (Å²) in [6, 6.07) is 7.85. The van der Waals surface area contributed by atoms with Crippen molar-refractivity contribution in [2.45, 2.75) is 25.9 Å².